The van der Waals surface area contributed by atoms with Crippen molar-refractivity contribution in [3.05, 3.63) is 58.2 Å². The summed E-state index contributed by atoms with van der Waals surface area (Å²) in [4.78, 5) is 16.6. The first kappa shape index (κ1) is 15.2. The number of carbonyl (C=O) groups excluding carboxylic acids is 1. The summed E-state index contributed by atoms with van der Waals surface area (Å²) in [5, 5.41) is 0. The standard InChI is InChI=1S/C17H18FNO2/c1-10-6-5-7-13(16(10)18)15(20)8-14-12(3)17(21-4)11(2)9-19-14/h5-7,9H,8H2,1-4H3. The second kappa shape index (κ2) is 6.04. The Labute approximate surface area is 123 Å². The van der Waals surface area contributed by atoms with E-state index in [1.165, 1.54) is 6.07 Å². The number of methoxy groups -OCH3 is 1. The Bertz CT molecular complexity index is 695. The van der Waals surface area contributed by atoms with Gasteiger partial charge in [-0.05, 0) is 32.4 Å². The second-order valence-electron chi connectivity index (χ2n) is 5.08. The quantitative estimate of drug-likeness (QED) is 0.807. The molecule has 0 aliphatic carbocycles. The highest BCUT2D eigenvalue weighted by atomic mass is 19.1. The average molecular weight is 287 g/mol. The van der Waals surface area contributed by atoms with Crippen LogP contribution in [-0.4, -0.2) is 17.9 Å². The summed E-state index contributed by atoms with van der Waals surface area (Å²) >= 11 is 0. The molecule has 0 saturated carbocycles. The molecule has 1 aromatic heterocycles. The van der Waals surface area contributed by atoms with E-state index >= 15 is 0 Å². The van der Waals surface area contributed by atoms with Crippen molar-refractivity contribution >= 4 is 5.78 Å². The minimum absolute atomic E-state index is 0.0584. The van der Waals surface area contributed by atoms with Crippen molar-refractivity contribution in [3.8, 4) is 5.75 Å². The van der Waals surface area contributed by atoms with Crippen molar-refractivity contribution in [1.82, 2.24) is 4.98 Å². The van der Waals surface area contributed by atoms with Gasteiger partial charge in [0.1, 0.15) is 11.6 Å². The zero-order valence-corrected chi connectivity index (χ0v) is 12.7. The van der Waals surface area contributed by atoms with Gasteiger partial charge in [-0.25, -0.2) is 4.39 Å². The van der Waals surface area contributed by atoms with Gasteiger partial charge in [0, 0.05) is 17.3 Å². The number of nitrogens with zero attached hydrogens (tertiary/aromatic N) is 1. The van der Waals surface area contributed by atoms with Crippen LogP contribution in [0.3, 0.4) is 0 Å². The first-order chi connectivity index (χ1) is 9.95. The Morgan fingerprint density at radius 1 is 1.24 bits per heavy atom. The molecule has 0 N–H and O–H groups in total. The van der Waals surface area contributed by atoms with E-state index in [1.54, 1.807) is 32.4 Å². The predicted molar refractivity (Wildman–Crippen MR) is 79.4 cm³/mol. The van der Waals surface area contributed by atoms with Gasteiger partial charge in [0.25, 0.3) is 0 Å². The molecule has 2 aromatic rings. The predicted octanol–water partition coefficient (Wildman–Crippen LogP) is 3.58. The Morgan fingerprint density at radius 3 is 2.62 bits per heavy atom. The molecule has 110 valence electrons. The van der Waals surface area contributed by atoms with Crippen molar-refractivity contribution < 1.29 is 13.9 Å². The number of pyridine rings is 1. The molecule has 0 radical (unpaired) electrons. The number of aromatic nitrogens is 1. The Morgan fingerprint density at radius 2 is 1.95 bits per heavy atom. The van der Waals surface area contributed by atoms with E-state index in [0.717, 1.165) is 16.9 Å². The lowest BCUT2D eigenvalue weighted by Gasteiger charge is -2.12. The van der Waals surface area contributed by atoms with Crippen molar-refractivity contribution in [2.24, 2.45) is 0 Å². The van der Waals surface area contributed by atoms with Crippen molar-refractivity contribution in [3.63, 3.8) is 0 Å². The van der Waals surface area contributed by atoms with Crippen LogP contribution in [0.2, 0.25) is 0 Å². The van der Waals surface area contributed by atoms with Crippen LogP contribution < -0.4 is 4.74 Å². The number of ether oxygens (including phenoxy) is 1. The number of halogens is 1. The van der Waals surface area contributed by atoms with E-state index < -0.39 is 5.82 Å². The first-order valence-electron chi connectivity index (χ1n) is 6.73. The number of carbonyl (C=O) groups is 1. The fraction of sp³-hybridized carbons (Fsp3) is 0.294. The number of hydrogen-bond donors (Lipinski definition) is 0. The summed E-state index contributed by atoms with van der Waals surface area (Å²) in [7, 11) is 1.58. The monoisotopic (exact) mass is 287 g/mol. The van der Waals surface area contributed by atoms with Crippen LogP contribution in [-0.2, 0) is 6.42 Å². The second-order valence-corrected chi connectivity index (χ2v) is 5.08. The largest absolute Gasteiger partial charge is 0.496 e. The maximum Gasteiger partial charge on any atom is 0.171 e. The number of hydrogen-bond acceptors (Lipinski definition) is 3. The van der Waals surface area contributed by atoms with E-state index in [2.05, 4.69) is 4.98 Å². The molecule has 4 heteroatoms. The maximum atomic E-state index is 14.0. The van der Waals surface area contributed by atoms with Gasteiger partial charge in [0.2, 0.25) is 0 Å². The normalized spacial score (nSPS) is 10.5. The molecule has 1 heterocycles. The lowest BCUT2D eigenvalue weighted by atomic mass is 10.0. The van der Waals surface area contributed by atoms with Gasteiger partial charge in [-0.3, -0.25) is 9.78 Å². The summed E-state index contributed by atoms with van der Waals surface area (Å²) in [6, 6.07) is 4.83. The van der Waals surface area contributed by atoms with Gasteiger partial charge in [-0.2, -0.15) is 0 Å². The third-order valence-electron chi connectivity index (χ3n) is 3.57. The topological polar surface area (TPSA) is 39.2 Å². The molecule has 3 nitrogen and oxygen atoms in total. The molecule has 0 aliphatic heterocycles. The van der Waals surface area contributed by atoms with Crippen LogP contribution in [0.15, 0.2) is 24.4 Å². The summed E-state index contributed by atoms with van der Waals surface area (Å²) < 4.78 is 19.3. The van der Waals surface area contributed by atoms with Crippen LogP contribution in [0.5, 0.6) is 5.75 Å². The van der Waals surface area contributed by atoms with Crippen molar-refractivity contribution in [1.29, 1.82) is 0 Å². The molecular weight excluding hydrogens is 269 g/mol. The van der Waals surface area contributed by atoms with Crippen LogP contribution in [0, 0.1) is 26.6 Å². The van der Waals surface area contributed by atoms with Crippen molar-refractivity contribution in [2.75, 3.05) is 7.11 Å². The highest BCUT2D eigenvalue weighted by Crippen LogP contribution is 2.25. The zero-order chi connectivity index (χ0) is 15.6. The molecule has 2 rings (SSSR count). The molecule has 21 heavy (non-hydrogen) atoms. The maximum absolute atomic E-state index is 14.0. The zero-order valence-electron chi connectivity index (χ0n) is 12.7. The lowest BCUT2D eigenvalue weighted by molar-refractivity contribution is 0.0987. The Kier molecular flexibility index (Phi) is 4.36. The van der Waals surface area contributed by atoms with Crippen LogP contribution in [0.1, 0.15) is 32.7 Å². The molecular formula is C17H18FNO2. The van der Waals surface area contributed by atoms with Crippen molar-refractivity contribution in [2.45, 2.75) is 27.2 Å². The fourth-order valence-corrected chi connectivity index (χ4v) is 2.36. The van der Waals surface area contributed by atoms with E-state index in [4.69, 9.17) is 4.74 Å². The summed E-state index contributed by atoms with van der Waals surface area (Å²) in [6.07, 6.45) is 1.73. The van der Waals surface area contributed by atoms with Crippen LogP contribution in [0.25, 0.3) is 0 Å². The third-order valence-corrected chi connectivity index (χ3v) is 3.57. The number of benzene rings is 1. The van der Waals surface area contributed by atoms with Gasteiger partial charge in [0.05, 0.1) is 24.8 Å². The third kappa shape index (κ3) is 2.94. The number of Topliss-reactive ketones (excluding diaryl/α,β-unsaturated/α-hetero) is 1. The lowest BCUT2D eigenvalue weighted by Crippen LogP contribution is -2.10. The number of rotatable bonds is 4. The minimum atomic E-state index is -0.459. The molecule has 0 spiro atoms. The van der Waals surface area contributed by atoms with Gasteiger partial charge in [-0.1, -0.05) is 12.1 Å². The average Bonchev–Trinajstić information content (AvgIpc) is 2.45. The molecule has 0 atom stereocenters. The first-order valence-corrected chi connectivity index (χ1v) is 6.73. The number of aryl methyl sites for hydroxylation is 2. The minimum Gasteiger partial charge on any atom is -0.496 e. The molecule has 0 unspecified atom stereocenters. The molecule has 0 aliphatic rings. The summed E-state index contributed by atoms with van der Waals surface area (Å²) in [5.74, 6) is -0.0190. The molecule has 1 aromatic carbocycles. The SMILES string of the molecule is COc1c(C)cnc(CC(=O)c2cccc(C)c2F)c1C. The van der Waals surface area contributed by atoms with E-state index in [0.29, 0.717) is 11.3 Å². The van der Waals surface area contributed by atoms with Gasteiger partial charge < -0.3 is 4.74 Å². The van der Waals surface area contributed by atoms with Gasteiger partial charge in [0.15, 0.2) is 5.78 Å². The number of ketones is 1. The highest BCUT2D eigenvalue weighted by molar-refractivity contribution is 5.97. The van der Waals surface area contributed by atoms with Crippen LogP contribution >= 0.6 is 0 Å². The summed E-state index contributed by atoms with van der Waals surface area (Å²) in [5.41, 5.74) is 2.91. The fourth-order valence-electron chi connectivity index (χ4n) is 2.36. The highest BCUT2D eigenvalue weighted by Gasteiger charge is 2.17. The van der Waals surface area contributed by atoms with E-state index in [1.807, 2.05) is 13.8 Å². The summed E-state index contributed by atoms with van der Waals surface area (Å²) in [6.45, 7) is 5.39. The Balaban J connectivity index is 2.34. The molecule has 0 fully saturated rings. The molecule has 0 bridgehead atoms. The van der Waals surface area contributed by atoms with Gasteiger partial charge in [-0.15, -0.1) is 0 Å². The van der Waals surface area contributed by atoms with Gasteiger partial charge >= 0.3 is 0 Å². The van der Waals surface area contributed by atoms with E-state index in [9.17, 15) is 9.18 Å². The van der Waals surface area contributed by atoms with Crippen LogP contribution in [0.4, 0.5) is 4.39 Å². The Hall–Kier alpha value is -2.23. The molecule has 0 amide bonds. The van der Waals surface area contributed by atoms with E-state index in [-0.39, 0.29) is 17.8 Å². The molecule has 0 saturated heterocycles. The smallest absolute Gasteiger partial charge is 0.171 e.